The van der Waals surface area contributed by atoms with Gasteiger partial charge in [0.1, 0.15) is 0 Å². The molecule has 2 heterocycles. The van der Waals surface area contributed by atoms with Crippen LogP contribution in [-0.4, -0.2) is 48.5 Å². The van der Waals surface area contributed by atoms with Crippen LogP contribution in [0, 0.1) is 11.3 Å². The average molecular weight is 333 g/mol. The van der Waals surface area contributed by atoms with Gasteiger partial charge in [0, 0.05) is 37.7 Å². The molecule has 0 aromatic carbocycles. The van der Waals surface area contributed by atoms with E-state index in [1.54, 1.807) is 0 Å². The first-order valence-electron chi connectivity index (χ1n) is 7.23. The van der Waals surface area contributed by atoms with Crippen LogP contribution in [0.25, 0.3) is 0 Å². The van der Waals surface area contributed by atoms with Gasteiger partial charge < -0.3 is 10.5 Å². The third kappa shape index (κ3) is 3.70. The second kappa shape index (κ2) is 6.55. The van der Waals surface area contributed by atoms with Gasteiger partial charge >= 0.3 is 0 Å². The SMILES string of the molecule is CC1CCC(C(N)=O)CN1CC1(CBr)CCOCC1. The zero-order valence-electron chi connectivity index (χ0n) is 11.7. The monoisotopic (exact) mass is 332 g/mol. The number of carbonyl (C=O) groups is 1. The molecule has 0 saturated carbocycles. The van der Waals surface area contributed by atoms with Crippen molar-refractivity contribution in [3.8, 4) is 0 Å². The van der Waals surface area contributed by atoms with Crippen molar-refractivity contribution in [1.82, 2.24) is 4.90 Å². The zero-order valence-corrected chi connectivity index (χ0v) is 13.3. The van der Waals surface area contributed by atoms with E-state index in [1.165, 1.54) is 0 Å². The Kier molecular flexibility index (Phi) is 5.26. The maximum absolute atomic E-state index is 11.4. The van der Waals surface area contributed by atoms with Crippen LogP contribution in [-0.2, 0) is 9.53 Å². The number of nitrogens with two attached hydrogens (primary N) is 1. The third-order valence-corrected chi connectivity index (χ3v) is 5.98. The second-order valence-electron chi connectivity index (χ2n) is 6.20. The summed E-state index contributed by atoms with van der Waals surface area (Å²) in [5, 5.41) is 1.01. The molecule has 2 unspecified atom stereocenters. The Bertz CT molecular complexity index is 319. The number of likely N-dealkylation sites (tertiary alicyclic amines) is 1. The molecular formula is C14H25BrN2O2. The van der Waals surface area contributed by atoms with Gasteiger partial charge in [-0.3, -0.25) is 9.69 Å². The van der Waals surface area contributed by atoms with Gasteiger partial charge in [0.05, 0.1) is 5.92 Å². The van der Waals surface area contributed by atoms with E-state index in [0.29, 0.717) is 11.5 Å². The fraction of sp³-hybridized carbons (Fsp3) is 0.929. The minimum atomic E-state index is -0.142. The van der Waals surface area contributed by atoms with Gasteiger partial charge in [-0.25, -0.2) is 0 Å². The van der Waals surface area contributed by atoms with Gasteiger partial charge in [0.2, 0.25) is 5.91 Å². The van der Waals surface area contributed by atoms with E-state index in [1.807, 2.05) is 0 Å². The lowest BCUT2D eigenvalue weighted by molar-refractivity contribution is -0.124. The Morgan fingerprint density at radius 2 is 2.11 bits per heavy atom. The lowest BCUT2D eigenvalue weighted by atomic mass is 9.80. The van der Waals surface area contributed by atoms with Crippen LogP contribution in [0.3, 0.4) is 0 Å². The van der Waals surface area contributed by atoms with Crippen LogP contribution < -0.4 is 5.73 Å². The van der Waals surface area contributed by atoms with Crippen molar-refractivity contribution >= 4 is 21.8 Å². The largest absolute Gasteiger partial charge is 0.381 e. The van der Waals surface area contributed by atoms with Crippen molar-refractivity contribution in [3.05, 3.63) is 0 Å². The number of ether oxygens (including phenoxy) is 1. The topological polar surface area (TPSA) is 55.6 Å². The molecule has 0 aromatic heterocycles. The normalized spacial score (nSPS) is 32.1. The molecule has 1 amide bonds. The molecule has 4 nitrogen and oxygen atoms in total. The molecule has 0 radical (unpaired) electrons. The predicted molar refractivity (Wildman–Crippen MR) is 79.2 cm³/mol. The molecule has 0 aliphatic carbocycles. The van der Waals surface area contributed by atoms with Crippen molar-refractivity contribution in [1.29, 1.82) is 0 Å². The molecule has 5 heteroatoms. The van der Waals surface area contributed by atoms with Crippen LogP contribution >= 0.6 is 15.9 Å². The number of halogens is 1. The van der Waals surface area contributed by atoms with Gasteiger partial charge in [-0.15, -0.1) is 0 Å². The van der Waals surface area contributed by atoms with Gasteiger partial charge in [0.25, 0.3) is 0 Å². The Hall–Kier alpha value is -0.130. The minimum Gasteiger partial charge on any atom is -0.381 e. The smallest absolute Gasteiger partial charge is 0.221 e. The van der Waals surface area contributed by atoms with Crippen molar-refractivity contribution < 1.29 is 9.53 Å². The highest BCUT2D eigenvalue weighted by Gasteiger charge is 2.37. The number of alkyl halides is 1. The van der Waals surface area contributed by atoms with Crippen molar-refractivity contribution in [3.63, 3.8) is 0 Å². The number of carbonyl (C=O) groups excluding carboxylic acids is 1. The van der Waals surface area contributed by atoms with Crippen LogP contribution in [0.1, 0.15) is 32.6 Å². The number of amides is 1. The van der Waals surface area contributed by atoms with Gasteiger partial charge in [-0.05, 0) is 38.0 Å². The number of hydrogen-bond donors (Lipinski definition) is 1. The number of hydrogen-bond acceptors (Lipinski definition) is 3. The summed E-state index contributed by atoms with van der Waals surface area (Å²) in [7, 11) is 0. The molecule has 110 valence electrons. The number of rotatable bonds is 4. The lowest BCUT2D eigenvalue weighted by Crippen LogP contribution is -2.51. The summed E-state index contributed by atoms with van der Waals surface area (Å²) >= 11 is 3.69. The molecule has 0 aromatic rings. The van der Waals surface area contributed by atoms with E-state index >= 15 is 0 Å². The Morgan fingerprint density at radius 3 is 2.68 bits per heavy atom. The summed E-state index contributed by atoms with van der Waals surface area (Å²) in [6, 6.07) is 0.550. The lowest BCUT2D eigenvalue weighted by Gasteiger charge is -2.45. The van der Waals surface area contributed by atoms with Crippen LogP contribution in [0.4, 0.5) is 0 Å². The van der Waals surface area contributed by atoms with E-state index in [2.05, 4.69) is 27.8 Å². The van der Waals surface area contributed by atoms with E-state index in [9.17, 15) is 4.79 Å². The van der Waals surface area contributed by atoms with Crippen molar-refractivity contribution in [2.45, 2.75) is 38.6 Å². The van der Waals surface area contributed by atoms with Crippen molar-refractivity contribution in [2.75, 3.05) is 31.6 Å². The highest BCUT2D eigenvalue weighted by molar-refractivity contribution is 9.09. The molecule has 19 heavy (non-hydrogen) atoms. The fourth-order valence-corrected chi connectivity index (χ4v) is 3.94. The molecule has 2 rings (SSSR count). The summed E-state index contributed by atoms with van der Waals surface area (Å²) < 4.78 is 5.49. The number of primary amides is 1. The summed E-state index contributed by atoms with van der Waals surface area (Å²) in [5.41, 5.74) is 5.78. The van der Waals surface area contributed by atoms with E-state index in [0.717, 1.165) is 57.3 Å². The molecule has 2 fully saturated rings. The number of piperidine rings is 1. The molecule has 2 atom stereocenters. The first-order chi connectivity index (χ1) is 9.06. The Morgan fingerprint density at radius 1 is 1.42 bits per heavy atom. The fourth-order valence-electron chi connectivity index (χ4n) is 3.20. The summed E-state index contributed by atoms with van der Waals surface area (Å²) in [4.78, 5) is 13.9. The molecule has 0 spiro atoms. The van der Waals surface area contributed by atoms with Gasteiger partial charge in [0.15, 0.2) is 0 Å². The summed E-state index contributed by atoms with van der Waals surface area (Å²) in [6.45, 7) is 5.84. The Labute approximate surface area is 124 Å². The molecule has 2 aliphatic heterocycles. The highest BCUT2D eigenvalue weighted by atomic mass is 79.9. The number of nitrogens with zero attached hydrogens (tertiary/aromatic N) is 1. The standard InChI is InChI=1S/C14H25BrN2O2/c1-11-2-3-12(13(16)18)8-17(11)10-14(9-15)4-6-19-7-5-14/h11-12H,2-10H2,1H3,(H2,16,18). The van der Waals surface area contributed by atoms with Crippen LogP contribution in [0.15, 0.2) is 0 Å². The summed E-state index contributed by atoms with van der Waals surface area (Å²) in [5.74, 6) is -0.111. The molecule has 0 bridgehead atoms. The van der Waals surface area contributed by atoms with Crippen molar-refractivity contribution in [2.24, 2.45) is 17.1 Å². The third-order valence-electron chi connectivity index (χ3n) is 4.79. The Balaban J connectivity index is 2.00. The maximum atomic E-state index is 11.4. The predicted octanol–water partition coefficient (Wildman–Crippen LogP) is 1.76. The summed E-state index contributed by atoms with van der Waals surface area (Å²) in [6.07, 6.45) is 4.21. The highest BCUT2D eigenvalue weighted by Crippen LogP contribution is 2.35. The van der Waals surface area contributed by atoms with Gasteiger partial charge in [-0.1, -0.05) is 15.9 Å². The molecule has 2 N–H and O–H groups in total. The van der Waals surface area contributed by atoms with Crippen LogP contribution in [0.5, 0.6) is 0 Å². The van der Waals surface area contributed by atoms with E-state index in [4.69, 9.17) is 10.5 Å². The molecule has 2 aliphatic rings. The van der Waals surface area contributed by atoms with E-state index in [-0.39, 0.29) is 11.8 Å². The second-order valence-corrected chi connectivity index (χ2v) is 6.76. The zero-order chi connectivity index (χ0) is 13.9. The van der Waals surface area contributed by atoms with Crippen LogP contribution in [0.2, 0.25) is 0 Å². The first kappa shape index (κ1) is 15.3. The first-order valence-corrected chi connectivity index (χ1v) is 8.35. The van der Waals surface area contributed by atoms with E-state index < -0.39 is 0 Å². The quantitative estimate of drug-likeness (QED) is 0.798. The maximum Gasteiger partial charge on any atom is 0.221 e. The molecule has 2 saturated heterocycles. The minimum absolute atomic E-state index is 0.0309. The average Bonchev–Trinajstić information content (AvgIpc) is 2.42. The van der Waals surface area contributed by atoms with Gasteiger partial charge in [-0.2, -0.15) is 0 Å². The molecular weight excluding hydrogens is 308 g/mol.